The zero-order valence-corrected chi connectivity index (χ0v) is 16.8. The maximum atomic E-state index is 6.35. The van der Waals surface area contributed by atoms with Crippen molar-refractivity contribution in [3.8, 4) is 22.9 Å². The molecule has 0 amide bonds. The first-order valence-corrected chi connectivity index (χ1v) is 9.68. The van der Waals surface area contributed by atoms with Crippen molar-refractivity contribution in [1.82, 2.24) is 14.9 Å². The monoisotopic (exact) mass is 420 g/mol. The first kappa shape index (κ1) is 18.2. The molecule has 1 aliphatic rings. The second kappa shape index (κ2) is 7.42. The first-order chi connectivity index (χ1) is 13.1. The first-order valence-electron chi connectivity index (χ1n) is 7.94. The van der Waals surface area contributed by atoms with Gasteiger partial charge in [0.15, 0.2) is 5.82 Å². The van der Waals surface area contributed by atoms with Gasteiger partial charge in [-0.25, -0.2) is 0 Å². The Hall–Kier alpha value is -2.22. The average Bonchev–Trinajstić information content (AvgIpc) is 3.10. The van der Waals surface area contributed by atoms with Crippen LogP contribution in [0.3, 0.4) is 0 Å². The summed E-state index contributed by atoms with van der Waals surface area (Å²) in [5.41, 5.74) is 2.40. The van der Waals surface area contributed by atoms with Crippen molar-refractivity contribution in [2.45, 2.75) is 5.16 Å². The van der Waals surface area contributed by atoms with E-state index >= 15 is 0 Å². The molecule has 4 rings (SSSR count). The molecule has 0 spiro atoms. The molecule has 0 aliphatic carbocycles. The summed E-state index contributed by atoms with van der Waals surface area (Å²) in [5, 5.41) is 15.0. The van der Waals surface area contributed by atoms with E-state index in [1.807, 2.05) is 24.3 Å². The van der Waals surface area contributed by atoms with Crippen LogP contribution in [0.15, 0.2) is 46.7 Å². The molecule has 0 saturated carbocycles. The quantitative estimate of drug-likeness (QED) is 0.615. The summed E-state index contributed by atoms with van der Waals surface area (Å²) in [6, 6.07) is 10.9. The van der Waals surface area contributed by atoms with Crippen molar-refractivity contribution in [2.75, 3.05) is 20.0 Å². The van der Waals surface area contributed by atoms with E-state index in [2.05, 4.69) is 10.2 Å². The minimum absolute atomic E-state index is 0.490. The number of methoxy groups -OCH3 is 2. The Morgan fingerprint density at radius 3 is 2.59 bits per heavy atom. The molecule has 0 fully saturated rings. The normalized spacial score (nSPS) is 13.1. The Balaban J connectivity index is 1.83. The SMILES string of the molecule is COc1ccc(OC)c(C2=Nn3c(nnc3-c3ccc(Cl)cc3Cl)SC2)c1. The van der Waals surface area contributed by atoms with Crippen molar-refractivity contribution in [3.05, 3.63) is 52.0 Å². The number of hydrogen-bond donors (Lipinski definition) is 0. The summed E-state index contributed by atoms with van der Waals surface area (Å²) in [6.45, 7) is 0. The fraction of sp³-hybridized carbons (Fsp3) is 0.167. The topological polar surface area (TPSA) is 61.5 Å². The van der Waals surface area contributed by atoms with Crippen LogP contribution in [-0.4, -0.2) is 40.6 Å². The second-order valence-corrected chi connectivity index (χ2v) is 7.43. The highest BCUT2D eigenvalue weighted by molar-refractivity contribution is 7.99. The molecular weight excluding hydrogens is 407 g/mol. The van der Waals surface area contributed by atoms with Crippen LogP contribution in [0.2, 0.25) is 10.0 Å². The molecule has 1 aromatic heterocycles. The molecule has 2 heterocycles. The number of fused-ring (bicyclic) bond motifs is 1. The van der Waals surface area contributed by atoms with Crippen LogP contribution in [-0.2, 0) is 0 Å². The van der Waals surface area contributed by atoms with E-state index in [-0.39, 0.29) is 0 Å². The zero-order chi connectivity index (χ0) is 19.0. The summed E-state index contributed by atoms with van der Waals surface area (Å²) in [5.74, 6) is 2.64. The number of thioether (sulfide) groups is 1. The van der Waals surface area contributed by atoms with Gasteiger partial charge in [-0.3, -0.25) is 0 Å². The Morgan fingerprint density at radius 1 is 1.00 bits per heavy atom. The number of halogens is 2. The lowest BCUT2D eigenvalue weighted by Gasteiger charge is -2.17. The van der Waals surface area contributed by atoms with E-state index in [9.17, 15) is 0 Å². The number of ether oxygens (including phenoxy) is 2. The molecule has 3 aromatic rings. The highest BCUT2D eigenvalue weighted by atomic mass is 35.5. The molecule has 138 valence electrons. The number of nitrogens with zero attached hydrogens (tertiary/aromatic N) is 4. The third-order valence-electron chi connectivity index (χ3n) is 4.06. The van der Waals surface area contributed by atoms with Crippen molar-refractivity contribution in [2.24, 2.45) is 5.10 Å². The van der Waals surface area contributed by atoms with Gasteiger partial charge in [-0.05, 0) is 36.4 Å². The average molecular weight is 421 g/mol. The number of rotatable bonds is 4. The minimum atomic E-state index is 0.490. The van der Waals surface area contributed by atoms with E-state index in [1.165, 1.54) is 0 Å². The maximum Gasteiger partial charge on any atom is 0.212 e. The van der Waals surface area contributed by atoms with Gasteiger partial charge in [0.05, 0.1) is 25.0 Å². The van der Waals surface area contributed by atoms with E-state index in [0.29, 0.717) is 32.3 Å². The van der Waals surface area contributed by atoms with Gasteiger partial charge < -0.3 is 9.47 Å². The van der Waals surface area contributed by atoms with Crippen molar-refractivity contribution < 1.29 is 9.47 Å². The molecule has 0 N–H and O–H groups in total. The molecule has 27 heavy (non-hydrogen) atoms. The van der Waals surface area contributed by atoms with Gasteiger partial charge in [0.2, 0.25) is 5.16 Å². The molecule has 0 saturated heterocycles. The van der Waals surface area contributed by atoms with Gasteiger partial charge in [0, 0.05) is 21.9 Å². The number of benzene rings is 2. The Bertz CT molecular complexity index is 1050. The van der Waals surface area contributed by atoms with Gasteiger partial charge in [-0.1, -0.05) is 35.0 Å². The van der Waals surface area contributed by atoms with Crippen LogP contribution in [0, 0.1) is 0 Å². The maximum absolute atomic E-state index is 6.35. The molecule has 2 aromatic carbocycles. The predicted octanol–water partition coefficient (Wildman–Crippen LogP) is 4.63. The number of aromatic nitrogens is 3. The summed E-state index contributed by atoms with van der Waals surface area (Å²) < 4.78 is 12.5. The van der Waals surface area contributed by atoms with E-state index in [4.69, 9.17) is 37.8 Å². The van der Waals surface area contributed by atoms with Crippen LogP contribution in [0.4, 0.5) is 0 Å². The fourth-order valence-electron chi connectivity index (χ4n) is 2.74. The highest BCUT2D eigenvalue weighted by Gasteiger charge is 2.23. The molecule has 6 nitrogen and oxygen atoms in total. The minimum Gasteiger partial charge on any atom is -0.497 e. The Morgan fingerprint density at radius 2 is 1.85 bits per heavy atom. The van der Waals surface area contributed by atoms with Crippen LogP contribution >= 0.6 is 35.0 Å². The summed E-state index contributed by atoms with van der Waals surface area (Å²) in [7, 11) is 3.26. The lowest BCUT2D eigenvalue weighted by Crippen LogP contribution is -2.15. The summed E-state index contributed by atoms with van der Waals surface area (Å²) in [6.07, 6.45) is 0. The molecule has 0 unspecified atom stereocenters. The van der Waals surface area contributed by atoms with Crippen molar-refractivity contribution in [1.29, 1.82) is 0 Å². The van der Waals surface area contributed by atoms with Crippen LogP contribution in [0.1, 0.15) is 5.56 Å². The van der Waals surface area contributed by atoms with E-state index in [0.717, 1.165) is 22.8 Å². The lowest BCUT2D eigenvalue weighted by atomic mass is 10.1. The van der Waals surface area contributed by atoms with Crippen LogP contribution in [0.5, 0.6) is 11.5 Å². The number of hydrogen-bond acceptors (Lipinski definition) is 6. The van der Waals surface area contributed by atoms with Gasteiger partial charge in [-0.15, -0.1) is 10.2 Å². The van der Waals surface area contributed by atoms with Crippen LogP contribution in [0.25, 0.3) is 11.4 Å². The second-order valence-electron chi connectivity index (χ2n) is 5.64. The molecule has 1 aliphatic heterocycles. The predicted molar refractivity (Wildman–Crippen MR) is 108 cm³/mol. The third kappa shape index (κ3) is 3.38. The van der Waals surface area contributed by atoms with E-state index < -0.39 is 0 Å². The lowest BCUT2D eigenvalue weighted by molar-refractivity contribution is 0.402. The highest BCUT2D eigenvalue weighted by Crippen LogP contribution is 2.35. The largest absolute Gasteiger partial charge is 0.497 e. The summed E-state index contributed by atoms with van der Waals surface area (Å²) >= 11 is 13.9. The molecule has 0 radical (unpaired) electrons. The zero-order valence-electron chi connectivity index (χ0n) is 14.4. The van der Waals surface area contributed by atoms with E-state index in [1.54, 1.807) is 42.8 Å². The van der Waals surface area contributed by atoms with Crippen molar-refractivity contribution >= 4 is 40.7 Å². The standard InChI is InChI=1S/C18H14Cl2N4O2S/c1-25-11-4-6-16(26-2)13(8-11)15-9-27-18-22-21-17(24(18)23-15)12-5-3-10(19)7-14(12)20/h3-8H,9H2,1-2H3. The van der Waals surface area contributed by atoms with Gasteiger partial charge >= 0.3 is 0 Å². The van der Waals surface area contributed by atoms with Gasteiger partial charge in [0.1, 0.15) is 11.5 Å². The Kier molecular flexibility index (Phi) is 4.99. The molecule has 0 atom stereocenters. The summed E-state index contributed by atoms with van der Waals surface area (Å²) in [4.78, 5) is 0. The van der Waals surface area contributed by atoms with Crippen LogP contribution < -0.4 is 9.47 Å². The van der Waals surface area contributed by atoms with Gasteiger partial charge in [0.25, 0.3) is 0 Å². The van der Waals surface area contributed by atoms with Gasteiger partial charge in [-0.2, -0.15) is 9.78 Å². The third-order valence-corrected chi connectivity index (χ3v) is 5.54. The smallest absolute Gasteiger partial charge is 0.212 e. The Labute approximate surface area is 170 Å². The molecular formula is C18H14Cl2N4O2S. The molecule has 9 heteroatoms. The molecule has 0 bridgehead atoms. The fourth-order valence-corrected chi connectivity index (χ4v) is 4.06. The van der Waals surface area contributed by atoms with Crippen molar-refractivity contribution in [3.63, 3.8) is 0 Å².